The highest BCUT2D eigenvalue weighted by Crippen LogP contribution is 2.54. The minimum absolute atomic E-state index is 1.50. The lowest BCUT2D eigenvalue weighted by Crippen LogP contribution is -2.68. The Morgan fingerprint density at radius 1 is 1.08 bits per heavy atom. The fraction of sp³-hybridized carbons (Fsp3) is 1.00. The van der Waals surface area contributed by atoms with Crippen LogP contribution in [0.15, 0.2) is 0 Å². The number of hydrogen-bond acceptors (Lipinski definition) is 2. The largest absolute Gasteiger partial charge is 0.426 e. The van der Waals surface area contributed by atoms with Crippen LogP contribution in [-0.2, 0) is 4.74 Å². The van der Waals surface area contributed by atoms with Crippen LogP contribution in [0.25, 0.3) is 0 Å². The number of alkyl halides is 6. The first-order valence-electron chi connectivity index (χ1n) is 3.09. The Hall–Kier alpha value is -0.500. The fourth-order valence-corrected chi connectivity index (χ4v) is 0.994. The van der Waals surface area contributed by atoms with Crippen molar-refractivity contribution in [3.8, 4) is 0 Å². The summed E-state index contributed by atoms with van der Waals surface area (Å²) in [5, 5.41) is 8.29. The van der Waals surface area contributed by atoms with E-state index < -0.39 is 30.7 Å². The molecule has 13 heavy (non-hydrogen) atoms. The van der Waals surface area contributed by atoms with Crippen LogP contribution >= 0.6 is 0 Å². The van der Waals surface area contributed by atoms with Gasteiger partial charge >= 0.3 is 12.4 Å². The summed E-state index contributed by atoms with van der Waals surface area (Å²) in [4.78, 5) is 0. The summed E-state index contributed by atoms with van der Waals surface area (Å²) in [6.07, 6.45) is -14.6. The van der Waals surface area contributed by atoms with Crippen molar-refractivity contribution in [1.82, 2.24) is 0 Å². The quantitative estimate of drug-likeness (QED) is 0.615. The van der Waals surface area contributed by atoms with Gasteiger partial charge in [0.2, 0.25) is 0 Å². The Morgan fingerprint density at radius 2 is 1.38 bits per heavy atom. The molecular formula is C5H4F6O2. The van der Waals surface area contributed by atoms with Gasteiger partial charge in [0.15, 0.2) is 6.29 Å². The number of rotatable bonds is 0. The Morgan fingerprint density at radius 3 is 1.46 bits per heavy atom. The smallest absolute Gasteiger partial charge is 0.368 e. The van der Waals surface area contributed by atoms with E-state index in [2.05, 4.69) is 4.74 Å². The van der Waals surface area contributed by atoms with E-state index in [0.717, 1.165) is 0 Å². The van der Waals surface area contributed by atoms with E-state index in [1.54, 1.807) is 0 Å². The molecule has 1 saturated heterocycles. The van der Waals surface area contributed by atoms with Crippen LogP contribution in [0.2, 0.25) is 0 Å². The number of aliphatic hydroxyl groups excluding tert-OH is 1. The standard InChI is InChI=1S/C5H4F6O2/c6-4(7,8)3(5(9,10)11)1-2(12)13-3/h2,12H,1H2. The normalized spacial score (nSPS) is 28.4. The molecule has 0 amide bonds. The van der Waals surface area contributed by atoms with Crippen molar-refractivity contribution in [2.45, 2.75) is 30.7 Å². The van der Waals surface area contributed by atoms with Crippen LogP contribution in [0.3, 0.4) is 0 Å². The molecule has 0 bridgehead atoms. The van der Waals surface area contributed by atoms with E-state index in [-0.39, 0.29) is 0 Å². The van der Waals surface area contributed by atoms with Crippen LogP contribution in [0, 0.1) is 0 Å². The van der Waals surface area contributed by atoms with Crippen LogP contribution < -0.4 is 0 Å². The first-order valence-corrected chi connectivity index (χ1v) is 3.09. The zero-order chi connectivity index (χ0) is 10.5. The van der Waals surface area contributed by atoms with Gasteiger partial charge in [-0.25, -0.2) is 0 Å². The van der Waals surface area contributed by atoms with Gasteiger partial charge in [0.05, 0.1) is 0 Å². The average Bonchev–Trinajstić information content (AvgIpc) is 1.74. The van der Waals surface area contributed by atoms with Gasteiger partial charge in [0.25, 0.3) is 5.60 Å². The van der Waals surface area contributed by atoms with Crippen LogP contribution in [0.5, 0.6) is 0 Å². The van der Waals surface area contributed by atoms with Gasteiger partial charge in [0.1, 0.15) is 0 Å². The van der Waals surface area contributed by atoms with E-state index in [1.165, 1.54) is 0 Å². The summed E-state index contributed by atoms with van der Waals surface area (Å²) < 4.78 is 74.6. The zero-order valence-corrected chi connectivity index (χ0v) is 5.91. The third kappa shape index (κ3) is 1.37. The van der Waals surface area contributed by atoms with Gasteiger partial charge in [-0.15, -0.1) is 0 Å². The van der Waals surface area contributed by atoms with Crippen molar-refractivity contribution in [1.29, 1.82) is 0 Å². The summed E-state index contributed by atoms with van der Waals surface area (Å²) >= 11 is 0. The SMILES string of the molecule is OC1CC(C(F)(F)F)(C(F)(F)F)O1. The lowest BCUT2D eigenvalue weighted by molar-refractivity contribution is -0.465. The highest BCUT2D eigenvalue weighted by Gasteiger charge is 2.77. The minimum atomic E-state index is -5.55. The Labute approximate surface area is 68.1 Å². The van der Waals surface area contributed by atoms with Gasteiger partial charge in [-0.2, -0.15) is 26.3 Å². The van der Waals surface area contributed by atoms with E-state index >= 15 is 0 Å². The van der Waals surface area contributed by atoms with Gasteiger partial charge in [-0.3, -0.25) is 0 Å². The molecular weight excluding hydrogens is 206 g/mol. The highest BCUT2D eigenvalue weighted by molar-refractivity contribution is 5.02. The second kappa shape index (κ2) is 2.50. The van der Waals surface area contributed by atoms with Gasteiger partial charge in [-0.05, 0) is 0 Å². The summed E-state index contributed by atoms with van der Waals surface area (Å²) in [5.41, 5.74) is -4.18. The molecule has 1 atom stereocenters. The molecule has 1 heterocycles. The lowest BCUT2D eigenvalue weighted by Gasteiger charge is -2.46. The number of hydrogen-bond donors (Lipinski definition) is 1. The van der Waals surface area contributed by atoms with E-state index in [9.17, 15) is 26.3 Å². The molecule has 0 aromatic rings. The molecule has 1 unspecified atom stereocenters. The molecule has 0 saturated carbocycles. The predicted octanol–water partition coefficient (Wildman–Crippen LogP) is 1.59. The Bertz CT molecular complexity index is 184. The summed E-state index contributed by atoms with van der Waals surface area (Å²) in [5.74, 6) is 0. The van der Waals surface area contributed by atoms with Crippen LogP contribution in [0.1, 0.15) is 6.42 Å². The van der Waals surface area contributed by atoms with E-state index in [4.69, 9.17) is 5.11 Å². The molecule has 0 aromatic carbocycles. The Kier molecular flexibility index (Phi) is 2.04. The van der Waals surface area contributed by atoms with Crippen molar-refractivity contribution >= 4 is 0 Å². The monoisotopic (exact) mass is 210 g/mol. The maximum Gasteiger partial charge on any atom is 0.426 e. The summed E-state index contributed by atoms with van der Waals surface area (Å²) in [6, 6.07) is 0. The molecule has 0 aliphatic carbocycles. The molecule has 1 N–H and O–H groups in total. The summed E-state index contributed by atoms with van der Waals surface area (Å²) in [7, 11) is 0. The molecule has 1 aliphatic rings. The lowest BCUT2D eigenvalue weighted by atomic mass is 9.92. The summed E-state index contributed by atoms with van der Waals surface area (Å²) in [6.45, 7) is 0. The topological polar surface area (TPSA) is 29.5 Å². The third-order valence-electron chi connectivity index (χ3n) is 1.72. The molecule has 0 radical (unpaired) electrons. The fourth-order valence-electron chi connectivity index (χ4n) is 0.994. The molecule has 8 heteroatoms. The average molecular weight is 210 g/mol. The highest BCUT2D eigenvalue weighted by atomic mass is 19.4. The maximum absolute atomic E-state index is 11.9. The van der Waals surface area contributed by atoms with E-state index in [0.29, 0.717) is 0 Å². The third-order valence-corrected chi connectivity index (χ3v) is 1.72. The van der Waals surface area contributed by atoms with Crippen molar-refractivity contribution < 1.29 is 36.2 Å². The first-order chi connectivity index (χ1) is 5.60. The van der Waals surface area contributed by atoms with Crippen molar-refractivity contribution in [2.75, 3.05) is 0 Å². The van der Waals surface area contributed by atoms with Crippen molar-refractivity contribution in [3.05, 3.63) is 0 Å². The molecule has 2 nitrogen and oxygen atoms in total. The minimum Gasteiger partial charge on any atom is -0.368 e. The molecule has 1 fully saturated rings. The van der Waals surface area contributed by atoms with Gasteiger partial charge < -0.3 is 9.84 Å². The molecule has 1 rings (SSSR count). The predicted molar refractivity (Wildman–Crippen MR) is 26.5 cm³/mol. The van der Waals surface area contributed by atoms with Gasteiger partial charge in [-0.1, -0.05) is 0 Å². The zero-order valence-electron chi connectivity index (χ0n) is 5.91. The molecule has 0 spiro atoms. The van der Waals surface area contributed by atoms with Crippen LogP contribution in [0.4, 0.5) is 26.3 Å². The van der Waals surface area contributed by atoms with Crippen LogP contribution in [-0.4, -0.2) is 29.4 Å². The number of halogens is 6. The second-order valence-electron chi connectivity index (χ2n) is 2.60. The van der Waals surface area contributed by atoms with Crippen molar-refractivity contribution in [2.24, 2.45) is 0 Å². The maximum atomic E-state index is 11.9. The molecule has 1 aliphatic heterocycles. The molecule has 0 aromatic heterocycles. The van der Waals surface area contributed by atoms with Crippen molar-refractivity contribution in [3.63, 3.8) is 0 Å². The number of ether oxygens (including phenoxy) is 1. The van der Waals surface area contributed by atoms with Gasteiger partial charge in [0, 0.05) is 6.42 Å². The number of aliphatic hydroxyl groups is 1. The molecule has 78 valence electrons. The second-order valence-corrected chi connectivity index (χ2v) is 2.60. The van der Waals surface area contributed by atoms with E-state index in [1.807, 2.05) is 0 Å². The first kappa shape index (κ1) is 10.6. The Balaban J connectivity index is 2.93.